The number of nitrogens with zero attached hydrogens (tertiary/aromatic N) is 1. The molecule has 0 radical (unpaired) electrons. The molecule has 1 aromatic heterocycles. The highest BCUT2D eigenvalue weighted by Crippen LogP contribution is 2.22. The molecule has 6 heteroatoms. The zero-order chi connectivity index (χ0) is 14.7. The fourth-order valence-corrected chi connectivity index (χ4v) is 1.88. The van der Waals surface area contributed by atoms with Crippen molar-refractivity contribution in [2.75, 3.05) is 12.8 Å². The molecule has 20 heavy (non-hydrogen) atoms. The van der Waals surface area contributed by atoms with Crippen LogP contribution in [0.3, 0.4) is 0 Å². The van der Waals surface area contributed by atoms with E-state index in [4.69, 9.17) is 15.0 Å². The summed E-state index contributed by atoms with van der Waals surface area (Å²) in [6.07, 6.45) is 0. The second-order valence-electron chi connectivity index (χ2n) is 4.44. The molecule has 1 heterocycles. The van der Waals surface area contributed by atoms with Crippen molar-refractivity contribution in [3.8, 4) is 5.75 Å². The average molecular weight is 275 g/mol. The standard InChI is InChI=1S/C14H17N3O3/c1-8-11(9(2)20-17-8)7-16-14(18)10-4-5-12(15)13(6-10)19-3/h4-6H,7,15H2,1-3H3,(H,16,18). The zero-order valence-electron chi connectivity index (χ0n) is 11.7. The third kappa shape index (κ3) is 2.74. The Morgan fingerprint density at radius 2 is 2.20 bits per heavy atom. The Bertz CT molecular complexity index is 615. The number of hydrogen-bond acceptors (Lipinski definition) is 5. The molecule has 0 aliphatic carbocycles. The molecule has 0 spiro atoms. The van der Waals surface area contributed by atoms with Gasteiger partial charge >= 0.3 is 0 Å². The van der Waals surface area contributed by atoms with Gasteiger partial charge in [0.15, 0.2) is 0 Å². The van der Waals surface area contributed by atoms with Gasteiger partial charge in [-0.2, -0.15) is 0 Å². The Labute approximate surface area is 116 Å². The molecular weight excluding hydrogens is 258 g/mol. The van der Waals surface area contributed by atoms with Crippen LogP contribution < -0.4 is 15.8 Å². The molecule has 2 aromatic rings. The minimum Gasteiger partial charge on any atom is -0.495 e. The number of aromatic nitrogens is 1. The quantitative estimate of drug-likeness (QED) is 0.830. The van der Waals surface area contributed by atoms with E-state index < -0.39 is 0 Å². The predicted molar refractivity (Wildman–Crippen MR) is 74.6 cm³/mol. The van der Waals surface area contributed by atoms with Gasteiger partial charge in [0.2, 0.25) is 0 Å². The Morgan fingerprint density at radius 3 is 2.80 bits per heavy atom. The van der Waals surface area contributed by atoms with Gasteiger partial charge in [-0.1, -0.05) is 5.16 Å². The van der Waals surface area contributed by atoms with Crippen molar-refractivity contribution < 1.29 is 14.1 Å². The molecule has 0 aliphatic heterocycles. The normalized spacial score (nSPS) is 10.3. The van der Waals surface area contributed by atoms with Gasteiger partial charge in [0.25, 0.3) is 5.91 Å². The van der Waals surface area contributed by atoms with Gasteiger partial charge in [0.1, 0.15) is 11.5 Å². The van der Waals surface area contributed by atoms with Crippen LogP contribution in [0.25, 0.3) is 0 Å². The van der Waals surface area contributed by atoms with Gasteiger partial charge in [-0.3, -0.25) is 4.79 Å². The minimum atomic E-state index is -0.205. The molecule has 6 nitrogen and oxygen atoms in total. The number of aryl methyl sites for hydroxylation is 2. The van der Waals surface area contributed by atoms with E-state index in [1.54, 1.807) is 18.2 Å². The van der Waals surface area contributed by atoms with Crippen LogP contribution in [0.15, 0.2) is 22.7 Å². The van der Waals surface area contributed by atoms with Crippen molar-refractivity contribution in [3.05, 3.63) is 40.8 Å². The molecule has 2 rings (SSSR count). The summed E-state index contributed by atoms with van der Waals surface area (Å²) in [4.78, 5) is 12.1. The van der Waals surface area contributed by atoms with E-state index in [0.29, 0.717) is 29.3 Å². The van der Waals surface area contributed by atoms with E-state index in [1.807, 2.05) is 13.8 Å². The maximum absolute atomic E-state index is 12.1. The van der Waals surface area contributed by atoms with Crippen molar-refractivity contribution in [3.63, 3.8) is 0 Å². The molecule has 0 unspecified atom stereocenters. The van der Waals surface area contributed by atoms with Gasteiger partial charge in [-0.25, -0.2) is 0 Å². The van der Waals surface area contributed by atoms with Crippen LogP contribution in [0, 0.1) is 13.8 Å². The molecular formula is C14H17N3O3. The van der Waals surface area contributed by atoms with Crippen molar-refractivity contribution in [1.82, 2.24) is 10.5 Å². The molecule has 0 atom stereocenters. The molecule has 0 aliphatic rings. The summed E-state index contributed by atoms with van der Waals surface area (Å²) in [6.45, 7) is 4.02. The number of ether oxygens (including phenoxy) is 1. The minimum absolute atomic E-state index is 0.205. The number of amides is 1. The lowest BCUT2D eigenvalue weighted by atomic mass is 10.1. The van der Waals surface area contributed by atoms with Crippen LogP contribution in [0.2, 0.25) is 0 Å². The highest BCUT2D eigenvalue weighted by molar-refractivity contribution is 5.95. The average Bonchev–Trinajstić information content (AvgIpc) is 2.76. The summed E-state index contributed by atoms with van der Waals surface area (Å²) in [5, 5.41) is 6.66. The molecule has 0 saturated carbocycles. The monoisotopic (exact) mass is 275 g/mol. The fourth-order valence-electron chi connectivity index (χ4n) is 1.88. The molecule has 0 bridgehead atoms. The van der Waals surface area contributed by atoms with Crippen LogP contribution in [0.4, 0.5) is 5.69 Å². The van der Waals surface area contributed by atoms with Crippen LogP contribution in [-0.4, -0.2) is 18.2 Å². The maximum atomic E-state index is 12.1. The van der Waals surface area contributed by atoms with Gasteiger partial charge in [-0.05, 0) is 32.0 Å². The zero-order valence-corrected chi connectivity index (χ0v) is 11.7. The van der Waals surface area contributed by atoms with Crippen molar-refractivity contribution in [2.45, 2.75) is 20.4 Å². The Hall–Kier alpha value is -2.50. The first kappa shape index (κ1) is 13.9. The molecule has 0 saturated heterocycles. The number of carbonyl (C=O) groups is 1. The number of carbonyl (C=O) groups excluding carboxylic acids is 1. The highest BCUT2D eigenvalue weighted by Gasteiger charge is 2.12. The van der Waals surface area contributed by atoms with E-state index in [-0.39, 0.29) is 5.91 Å². The van der Waals surface area contributed by atoms with E-state index in [0.717, 1.165) is 11.3 Å². The van der Waals surface area contributed by atoms with Crippen LogP contribution in [0.5, 0.6) is 5.75 Å². The summed E-state index contributed by atoms with van der Waals surface area (Å²) in [5.41, 5.74) is 8.36. The van der Waals surface area contributed by atoms with E-state index in [9.17, 15) is 4.79 Å². The maximum Gasteiger partial charge on any atom is 0.251 e. The van der Waals surface area contributed by atoms with Gasteiger partial charge < -0.3 is 20.3 Å². The summed E-state index contributed by atoms with van der Waals surface area (Å²) < 4.78 is 10.1. The number of nitrogens with one attached hydrogen (secondary N) is 1. The smallest absolute Gasteiger partial charge is 0.251 e. The SMILES string of the molecule is COc1cc(C(=O)NCc2c(C)noc2C)ccc1N. The molecule has 106 valence electrons. The van der Waals surface area contributed by atoms with Crippen LogP contribution in [-0.2, 0) is 6.54 Å². The van der Waals surface area contributed by atoms with Crippen LogP contribution >= 0.6 is 0 Å². The van der Waals surface area contributed by atoms with E-state index in [1.165, 1.54) is 7.11 Å². The van der Waals surface area contributed by atoms with Crippen molar-refractivity contribution in [1.29, 1.82) is 0 Å². The fraction of sp³-hybridized carbons (Fsp3) is 0.286. The number of hydrogen-bond donors (Lipinski definition) is 2. The third-order valence-electron chi connectivity index (χ3n) is 3.10. The highest BCUT2D eigenvalue weighted by atomic mass is 16.5. The lowest BCUT2D eigenvalue weighted by molar-refractivity contribution is 0.0950. The topological polar surface area (TPSA) is 90.4 Å². The van der Waals surface area contributed by atoms with Crippen molar-refractivity contribution in [2.24, 2.45) is 0 Å². The number of anilines is 1. The summed E-state index contributed by atoms with van der Waals surface area (Å²) in [7, 11) is 1.51. The summed E-state index contributed by atoms with van der Waals surface area (Å²) in [5.74, 6) is 0.982. The summed E-state index contributed by atoms with van der Waals surface area (Å²) >= 11 is 0. The lowest BCUT2D eigenvalue weighted by Gasteiger charge is -2.08. The summed E-state index contributed by atoms with van der Waals surface area (Å²) in [6, 6.07) is 4.90. The van der Waals surface area contributed by atoms with Gasteiger partial charge in [-0.15, -0.1) is 0 Å². The Balaban J connectivity index is 2.09. The lowest BCUT2D eigenvalue weighted by Crippen LogP contribution is -2.23. The number of methoxy groups -OCH3 is 1. The Kier molecular flexibility index (Phi) is 3.93. The predicted octanol–water partition coefficient (Wildman–Crippen LogP) is 1.81. The van der Waals surface area contributed by atoms with Gasteiger partial charge in [0, 0.05) is 17.7 Å². The number of benzene rings is 1. The third-order valence-corrected chi connectivity index (χ3v) is 3.10. The number of nitrogen functional groups attached to an aromatic ring is 1. The van der Waals surface area contributed by atoms with E-state index >= 15 is 0 Å². The van der Waals surface area contributed by atoms with Crippen LogP contribution in [0.1, 0.15) is 27.4 Å². The number of rotatable bonds is 4. The largest absolute Gasteiger partial charge is 0.495 e. The Morgan fingerprint density at radius 1 is 1.45 bits per heavy atom. The van der Waals surface area contributed by atoms with Gasteiger partial charge in [0.05, 0.1) is 18.5 Å². The molecule has 0 fully saturated rings. The molecule has 1 aromatic carbocycles. The molecule has 1 amide bonds. The first-order valence-electron chi connectivity index (χ1n) is 6.16. The first-order valence-corrected chi connectivity index (χ1v) is 6.16. The first-order chi connectivity index (χ1) is 9.52. The second kappa shape index (κ2) is 5.64. The molecule has 3 N–H and O–H groups in total. The second-order valence-corrected chi connectivity index (χ2v) is 4.44. The van der Waals surface area contributed by atoms with E-state index in [2.05, 4.69) is 10.5 Å². The number of nitrogens with two attached hydrogens (primary N) is 1. The van der Waals surface area contributed by atoms with Crippen molar-refractivity contribution >= 4 is 11.6 Å².